The van der Waals surface area contributed by atoms with Gasteiger partial charge in [-0.05, 0) is 43.2 Å². The molecule has 2 aromatic carbocycles. The van der Waals surface area contributed by atoms with Crippen molar-refractivity contribution in [3.63, 3.8) is 0 Å². The smallest absolute Gasteiger partial charge is 0.338 e. The van der Waals surface area contributed by atoms with Crippen molar-refractivity contribution in [2.24, 2.45) is 4.99 Å². The van der Waals surface area contributed by atoms with E-state index in [1.165, 1.54) is 18.4 Å². The van der Waals surface area contributed by atoms with Gasteiger partial charge in [-0.3, -0.25) is 9.36 Å². The summed E-state index contributed by atoms with van der Waals surface area (Å²) in [5.74, 6) is 0.830. The summed E-state index contributed by atoms with van der Waals surface area (Å²) in [5.41, 5.74) is 3.41. The number of carbonyl (C=O) groups excluding carboxylic acids is 1. The van der Waals surface area contributed by atoms with Crippen molar-refractivity contribution in [1.82, 2.24) is 4.57 Å². The predicted octanol–water partition coefficient (Wildman–Crippen LogP) is 2.45. The lowest BCUT2D eigenvalue weighted by Gasteiger charge is -2.24. The Morgan fingerprint density at radius 1 is 1.16 bits per heavy atom. The standard InChI is InChI=1S/C24H20N2O5S/c1-13-4-7-16(8-5-13)21-20(23(28)29-3)14(2)25-24-26(21)22(27)19(32-24)11-15-6-9-17-18(10-15)31-12-30-17/h4-11,21H,12H2,1-3H3/b19-11-. The fourth-order valence-electron chi connectivity index (χ4n) is 3.91. The summed E-state index contributed by atoms with van der Waals surface area (Å²) in [4.78, 5) is 31.3. The summed E-state index contributed by atoms with van der Waals surface area (Å²) in [6.07, 6.45) is 1.80. The molecule has 0 N–H and O–H groups in total. The van der Waals surface area contributed by atoms with E-state index in [1.807, 2.05) is 49.4 Å². The molecule has 0 spiro atoms. The van der Waals surface area contributed by atoms with Crippen LogP contribution in [0.5, 0.6) is 11.5 Å². The molecule has 8 heteroatoms. The highest BCUT2D eigenvalue weighted by Crippen LogP contribution is 2.33. The van der Waals surface area contributed by atoms with Crippen LogP contribution >= 0.6 is 11.3 Å². The maximum atomic E-state index is 13.5. The van der Waals surface area contributed by atoms with Gasteiger partial charge in [-0.15, -0.1) is 0 Å². The molecule has 3 aromatic rings. The Bertz CT molecular complexity index is 1450. The molecule has 1 atom stereocenters. The largest absolute Gasteiger partial charge is 0.466 e. The normalized spacial score (nSPS) is 17.2. The van der Waals surface area contributed by atoms with Gasteiger partial charge in [0.15, 0.2) is 16.3 Å². The number of aryl methyl sites for hydroxylation is 1. The van der Waals surface area contributed by atoms with Gasteiger partial charge < -0.3 is 14.2 Å². The highest BCUT2D eigenvalue weighted by atomic mass is 32.1. The van der Waals surface area contributed by atoms with Crippen molar-refractivity contribution in [3.8, 4) is 11.5 Å². The molecule has 5 rings (SSSR count). The number of nitrogens with zero attached hydrogens (tertiary/aromatic N) is 2. The fourth-order valence-corrected chi connectivity index (χ4v) is 4.96. The number of esters is 1. The van der Waals surface area contributed by atoms with Crippen LogP contribution in [0.3, 0.4) is 0 Å². The van der Waals surface area contributed by atoms with Gasteiger partial charge in [0.25, 0.3) is 5.56 Å². The number of thiazole rings is 1. The van der Waals surface area contributed by atoms with Gasteiger partial charge in [-0.25, -0.2) is 9.79 Å². The van der Waals surface area contributed by atoms with E-state index in [9.17, 15) is 9.59 Å². The highest BCUT2D eigenvalue weighted by Gasteiger charge is 2.33. The zero-order chi connectivity index (χ0) is 22.4. The Labute approximate surface area is 187 Å². The third-order valence-electron chi connectivity index (χ3n) is 5.51. The first kappa shape index (κ1) is 20.3. The first-order valence-electron chi connectivity index (χ1n) is 10.0. The van der Waals surface area contributed by atoms with Gasteiger partial charge in [0, 0.05) is 0 Å². The number of hydrogen-bond donors (Lipinski definition) is 0. The molecule has 0 bridgehead atoms. The summed E-state index contributed by atoms with van der Waals surface area (Å²) >= 11 is 1.29. The number of rotatable bonds is 3. The van der Waals surface area contributed by atoms with Crippen LogP contribution in [0.4, 0.5) is 0 Å². The van der Waals surface area contributed by atoms with Crippen molar-refractivity contribution >= 4 is 23.4 Å². The zero-order valence-electron chi connectivity index (χ0n) is 17.7. The molecule has 162 valence electrons. The molecule has 2 aliphatic heterocycles. The summed E-state index contributed by atoms with van der Waals surface area (Å²) < 4.78 is 17.9. The number of methoxy groups -OCH3 is 1. The van der Waals surface area contributed by atoms with Crippen LogP contribution < -0.4 is 24.4 Å². The molecule has 3 heterocycles. The van der Waals surface area contributed by atoms with Gasteiger partial charge in [0.2, 0.25) is 6.79 Å². The summed E-state index contributed by atoms with van der Waals surface area (Å²) in [5, 5.41) is 0. The quantitative estimate of drug-likeness (QED) is 0.575. The number of ether oxygens (including phenoxy) is 3. The fraction of sp³-hybridized carbons (Fsp3) is 0.208. The molecular weight excluding hydrogens is 428 g/mol. The lowest BCUT2D eigenvalue weighted by atomic mass is 9.95. The van der Waals surface area contributed by atoms with E-state index in [1.54, 1.807) is 17.6 Å². The van der Waals surface area contributed by atoms with Gasteiger partial charge in [-0.1, -0.05) is 47.2 Å². The van der Waals surface area contributed by atoms with Crippen LogP contribution in [0.2, 0.25) is 0 Å². The number of hydrogen-bond acceptors (Lipinski definition) is 7. The maximum absolute atomic E-state index is 13.5. The Balaban J connectivity index is 1.70. The molecule has 1 unspecified atom stereocenters. The minimum absolute atomic E-state index is 0.188. The molecule has 2 aliphatic rings. The van der Waals surface area contributed by atoms with Crippen molar-refractivity contribution < 1.29 is 19.0 Å². The number of aromatic nitrogens is 1. The highest BCUT2D eigenvalue weighted by molar-refractivity contribution is 7.07. The Hall–Kier alpha value is -3.65. The van der Waals surface area contributed by atoms with Crippen LogP contribution in [-0.2, 0) is 9.53 Å². The SMILES string of the molecule is COC(=O)C1=C(C)N=c2s/c(=C\c3ccc4c(c3)OCO4)c(=O)n2C1c1ccc(C)cc1. The van der Waals surface area contributed by atoms with E-state index in [2.05, 4.69) is 4.99 Å². The monoisotopic (exact) mass is 448 g/mol. The Kier molecular flexibility index (Phi) is 4.94. The van der Waals surface area contributed by atoms with Crippen LogP contribution in [-0.4, -0.2) is 24.4 Å². The van der Waals surface area contributed by atoms with Crippen LogP contribution in [0.15, 0.2) is 63.5 Å². The second-order valence-electron chi connectivity index (χ2n) is 7.60. The molecular formula is C24H20N2O5S. The van der Waals surface area contributed by atoms with E-state index in [0.29, 0.717) is 32.1 Å². The van der Waals surface area contributed by atoms with E-state index >= 15 is 0 Å². The van der Waals surface area contributed by atoms with Crippen LogP contribution in [0, 0.1) is 6.92 Å². The van der Waals surface area contributed by atoms with Gasteiger partial charge in [0.1, 0.15) is 0 Å². The zero-order valence-corrected chi connectivity index (χ0v) is 18.6. The Morgan fingerprint density at radius 3 is 2.66 bits per heavy atom. The topological polar surface area (TPSA) is 79.1 Å². The summed E-state index contributed by atoms with van der Waals surface area (Å²) in [6, 6.07) is 12.7. The van der Waals surface area contributed by atoms with Gasteiger partial charge in [-0.2, -0.15) is 0 Å². The number of fused-ring (bicyclic) bond motifs is 2. The molecule has 0 radical (unpaired) electrons. The van der Waals surface area contributed by atoms with Crippen molar-refractivity contribution in [1.29, 1.82) is 0 Å². The van der Waals surface area contributed by atoms with Crippen molar-refractivity contribution in [2.45, 2.75) is 19.9 Å². The lowest BCUT2D eigenvalue weighted by molar-refractivity contribution is -0.136. The maximum Gasteiger partial charge on any atom is 0.338 e. The van der Waals surface area contributed by atoms with Crippen LogP contribution in [0.25, 0.3) is 6.08 Å². The third kappa shape index (κ3) is 3.33. The molecule has 0 aliphatic carbocycles. The van der Waals surface area contributed by atoms with E-state index < -0.39 is 12.0 Å². The van der Waals surface area contributed by atoms with E-state index in [-0.39, 0.29) is 12.4 Å². The second kappa shape index (κ2) is 7.80. The average Bonchev–Trinajstić information content (AvgIpc) is 3.37. The second-order valence-corrected chi connectivity index (χ2v) is 8.61. The lowest BCUT2D eigenvalue weighted by Crippen LogP contribution is -2.39. The minimum atomic E-state index is -0.613. The van der Waals surface area contributed by atoms with Gasteiger partial charge in [0.05, 0.1) is 29.0 Å². The van der Waals surface area contributed by atoms with Crippen molar-refractivity contribution in [3.05, 3.63) is 90.1 Å². The first-order chi connectivity index (χ1) is 15.5. The van der Waals surface area contributed by atoms with E-state index in [4.69, 9.17) is 14.2 Å². The van der Waals surface area contributed by atoms with Crippen molar-refractivity contribution in [2.75, 3.05) is 13.9 Å². The first-order valence-corrected chi connectivity index (χ1v) is 10.8. The Morgan fingerprint density at radius 2 is 1.91 bits per heavy atom. The number of carbonyl (C=O) groups is 1. The average molecular weight is 449 g/mol. The molecule has 0 fully saturated rings. The van der Waals surface area contributed by atoms with E-state index in [0.717, 1.165) is 16.7 Å². The van der Waals surface area contributed by atoms with Gasteiger partial charge >= 0.3 is 5.97 Å². The third-order valence-corrected chi connectivity index (χ3v) is 6.50. The molecule has 7 nitrogen and oxygen atoms in total. The molecule has 32 heavy (non-hydrogen) atoms. The number of allylic oxidation sites excluding steroid dienone is 1. The predicted molar refractivity (Wildman–Crippen MR) is 120 cm³/mol. The minimum Gasteiger partial charge on any atom is -0.466 e. The molecule has 0 saturated heterocycles. The molecule has 1 aromatic heterocycles. The molecule has 0 saturated carbocycles. The molecule has 0 amide bonds. The summed E-state index contributed by atoms with van der Waals surface area (Å²) in [7, 11) is 1.33. The number of benzene rings is 2. The van der Waals surface area contributed by atoms with Crippen LogP contribution in [0.1, 0.15) is 29.7 Å². The summed E-state index contributed by atoms with van der Waals surface area (Å²) in [6.45, 7) is 3.94.